The topological polar surface area (TPSA) is 178 Å². The van der Waals surface area contributed by atoms with Gasteiger partial charge in [0.25, 0.3) is 0 Å². The van der Waals surface area contributed by atoms with Gasteiger partial charge in [-0.05, 0) is 44.9 Å². The third-order valence-corrected chi connectivity index (χ3v) is 10.8. The summed E-state index contributed by atoms with van der Waals surface area (Å²) in [6.45, 7) is 3.95. The quantitative estimate of drug-likeness (QED) is 0.0200. The van der Waals surface area contributed by atoms with Crippen LogP contribution < -0.4 is 0 Å². The highest BCUT2D eigenvalue weighted by atomic mass is 32.3. The van der Waals surface area contributed by atoms with Crippen molar-refractivity contribution in [2.24, 2.45) is 0 Å². The summed E-state index contributed by atoms with van der Waals surface area (Å²) in [6.07, 6.45) is 30.6. The lowest BCUT2D eigenvalue weighted by atomic mass is 9.99. The first-order valence-electron chi connectivity index (χ1n) is 22.6. The Kier molecular flexibility index (Phi) is 34.3. The summed E-state index contributed by atoms with van der Waals surface area (Å²) in [5.41, 5.74) is 0. The molecule has 12 nitrogen and oxygen atoms in total. The van der Waals surface area contributed by atoms with E-state index >= 15 is 0 Å². The van der Waals surface area contributed by atoms with E-state index in [0.717, 1.165) is 57.8 Å². The van der Waals surface area contributed by atoms with Gasteiger partial charge in [-0.3, -0.25) is 9.35 Å². The lowest BCUT2D eigenvalue weighted by molar-refractivity contribution is -0.301. The smallest absolute Gasteiger partial charge is 0.397 e. The molecule has 4 N–H and O–H groups in total. The van der Waals surface area contributed by atoms with E-state index in [2.05, 4.69) is 42.3 Å². The van der Waals surface area contributed by atoms with Crippen LogP contribution in [-0.2, 0) is 38.3 Å². The van der Waals surface area contributed by atoms with Gasteiger partial charge in [0.15, 0.2) is 6.29 Å². The number of aliphatic hydroxyl groups excluding tert-OH is 3. The summed E-state index contributed by atoms with van der Waals surface area (Å²) < 4.78 is 59.0. The molecular weight excluding hydrogens is 753 g/mol. The fourth-order valence-corrected chi connectivity index (χ4v) is 7.39. The van der Waals surface area contributed by atoms with Gasteiger partial charge in [-0.1, -0.05) is 160 Å². The summed E-state index contributed by atoms with van der Waals surface area (Å²) >= 11 is 0. The number of esters is 1. The van der Waals surface area contributed by atoms with Crippen LogP contribution >= 0.6 is 0 Å². The maximum atomic E-state index is 12.8. The molecule has 1 aliphatic rings. The van der Waals surface area contributed by atoms with Crippen molar-refractivity contribution >= 4 is 16.4 Å². The third-order valence-electron chi connectivity index (χ3n) is 10.3. The van der Waals surface area contributed by atoms with Gasteiger partial charge in [-0.25, -0.2) is 4.18 Å². The van der Waals surface area contributed by atoms with E-state index in [-0.39, 0.29) is 19.6 Å². The van der Waals surface area contributed by atoms with Crippen LogP contribution in [0.3, 0.4) is 0 Å². The highest BCUT2D eigenvalue weighted by molar-refractivity contribution is 7.80. The van der Waals surface area contributed by atoms with Crippen LogP contribution in [0.25, 0.3) is 0 Å². The Labute approximate surface area is 346 Å². The molecule has 6 unspecified atom stereocenters. The van der Waals surface area contributed by atoms with Gasteiger partial charge in [0.05, 0.1) is 19.8 Å². The van der Waals surface area contributed by atoms with Gasteiger partial charge < -0.3 is 34.3 Å². The zero-order valence-corrected chi connectivity index (χ0v) is 36.5. The van der Waals surface area contributed by atoms with Gasteiger partial charge in [0, 0.05) is 13.0 Å². The number of ether oxygens (including phenoxy) is 4. The molecule has 0 aliphatic carbocycles. The minimum atomic E-state index is -5.06. The minimum absolute atomic E-state index is 0.0323. The lowest BCUT2D eigenvalue weighted by Crippen LogP contribution is -2.60. The first-order chi connectivity index (χ1) is 27.6. The van der Waals surface area contributed by atoms with Crippen LogP contribution in [0.5, 0.6) is 0 Å². The molecule has 0 aromatic rings. The Hall–Kier alpha value is -1.42. The van der Waals surface area contributed by atoms with Gasteiger partial charge in [0.2, 0.25) is 0 Å². The molecule has 336 valence electrons. The molecule has 1 rings (SSSR count). The van der Waals surface area contributed by atoms with Crippen molar-refractivity contribution in [1.82, 2.24) is 0 Å². The first kappa shape index (κ1) is 53.6. The number of unbranched alkanes of at least 4 members (excludes halogenated alkanes) is 22. The van der Waals surface area contributed by atoms with Crippen LogP contribution in [0.1, 0.15) is 187 Å². The standard InChI is InChI=1S/C44H82O12S/c1-3-5-7-9-11-13-15-17-19-20-22-24-26-28-30-32-34-52-36-38(37-53-44-42(48)43(56-57(49,50)51)41(47)39(35-45)55-44)54-40(46)33-31-29-27-25-23-21-18-16-14-12-10-8-6-4-2/h11,13,17,19,38-39,41-45,47-48H,3-10,12,14-16,18,20-37H2,1-2H3,(H,49,50,51)/b13-11-,19-17-. The number of hydrogen-bond acceptors (Lipinski definition) is 11. The summed E-state index contributed by atoms with van der Waals surface area (Å²) in [5.74, 6) is -0.402. The van der Waals surface area contributed by atoms with Crippen molar-refractivity contribution in [2.75, 3.05) is 26.4 Å². The van der Waals surface area contributed by atoms with E-state index in [1.165, 1.54) is 103 Å². The molecule has 1 fully saturated rings. The molecule has 1 aliphatic heterocycles. The average Bonchev–Trinajstić information content (AvgIpc) is 3.18. The molecule has 57 heavy (non-hydrogen) atoms. The Morgan fingerprint density at radius 3 is 1.70 bits per heavy atom. The number of hydrogen-bond donors (Lipinski definition) is 4. The number of rotatable bonds is 39. The summed E-state index contributed by atoms with van der Waals surface area (Å²) in [4.78, 5) is 12.8. The van der Waals surface area contributed by atoms with E-state index in [1.807, 2.05) is 0 Å². The van der Waals surface area contributed by atoms with Crippen molar-refractivity contribution < 1.29 is 56.2 Å². The van der Waals surface area contributed by atoms with E-state index in [1.54, 1.807) is 0 Å². The van der Waals surface area contributed by atoms with Gasteiger partial charge in [0.1, 0.15) is 30.5 Å². The summed E-state index contributed by atoms with van der Waals surface area (Å²) in [5, 5.41) is 30.6. The van der Waals surface area contributed by atoms with Crippen molar-refractivity contribution in [3.63, 3.8) is 0 Å². The normalized spacial score (nSPS) is 20.8. The highest BCUT2D eigenvalue weighted by Crippen LogP contribution is 2.26. The zero-order valence-electron chi connectivity index (χ0n) is 35.7. The predicted molar refractivity (Wildman–Crippen MR) is 225 cm³/mol. The second-order valence-corrected chi connectivity index (χ2v) is 16.7. The fourth-order valence-electron chi connectivity index (χ4n) is 6.88. The van der Waals surface area contributed by atoms with Gasteiger partial charge in [-0.15, -0.1) is 0 Å². The Balaban J connectivity index is 2.44. The second kappa shape index (κ2) is 36.4. The third kappa shape index (κ3) is 30.3. The number of carbonyl (C=O) groups excluding carboxylic acids is 1. The maximum absolute atomic E-state index is 12.8. The Morgan fingerprint density at radius 1 is 0.667 bits per heavy atom. The fraction of sp³-hybridized carbons (Fsp3) is 0.886. The maximum Gasteiger partial charge on any atom is 0.397 e. The lowest BCUT2D eigenvalue weighted by Gasteiger charge is -2.41. The molecule has 1 heterocycles. The zero-order chi connectivity index (χ0) is 41.8. The molecule has 13 heteroatoms. The number of carbonyl (C=O) groups is 1. The molecule has 1 saturated heterocycles. The van der Waals surface area contributed by atoms with Gasteiger partial charge >= 0.3 is 16.4 Å². The molecule has 0 spiro atoms. The predicted octanol–water partition coefficient (Wildman–Crippen LogP) is 9.24. The molecule has 0 radical (unpaired) electrons. The Bertz CT molecular complexity index is 1100. The van der Waals surface area contributed by atoms with E-state index in [0.29, 0.717) is 13.0 Å². The molecule has 0 saturated carbocycles. The van der Waals surface area contributed by atoms with Crippen LogP contribution in [0.4, 0.5) is 0 Å². The van der Waals surface area contributed by atoms with E-state index in [9.17, 15) is 28.5 Å². The average molecular weight is 835 g/mol. The summed E-state index contributed by atoms with van der Waals surface area (Å²) in [7, 11) is -5.06. The van der Waals surface area contributed by atoms with Crippen LogP contribution in [0.2, 0.25) is 0 Å². The van der Waals surface area contributed by atoms with Crippen molar-refractivity contribution in [3.05, 3.63) is 24.3 Å². The molecule has 0 aromatic carbocycles. The van der Waals surface area contributed by atoms with Crippen LogP contribution in [-0.4, -0.2) is 97.5 Å². The summed E-state index contributed by atoms with van der Waals surface area (Å²) in [6, 6.07) is 0. The Morgan fingerprint density at radius 2 is 1.16 bits per heavy atom. The number of allylic oxidation sites excluding steroid dienone is 4. The van der Waals surface area contributed by atoms with Crippen molar-refractivity contribution in [2.45, 2.75) is 224 Å². The van der Waals surface area contributed by atoms with Crippen molar-refractivity contribution in [3.8, 4) is 0 Å². The molecule has 6 atom stereocenters. The SMILES string of the molecule is CCCCC/C=C\C/C=C\CCCCCCCCOCC(COC1OC(CO)C(O)C(OS(=O)(=O)O)C1O)OC(=O)CCCCCCCCCCCCCCCC. The molecule has 0 aromatic heterocycles. The first-order valence-corrected chi connectivity index (χ1v) is 24.0. The van der Waals surface area contributed by atoms with Crippen LogP contribution in [0.15, 0.2) is 24.3 Å². The monoisotopic (exact) mass is 835 g/mol. The minimum Gasteiger partial charge on any atom is -0.457 e. The molecule has 0 amide bonds. The molecule has 0 bridgehead atoms. The molecular formula is C44H82O12S. The van der Waals surface area contributed by atoms with E-state index in [4.69, 9.17) is 23.5 Å². The second-order valence-electron chi connectivity index (χ2n) is 15.6. The van der Waals surface area contributed by atoms with Crippen LogP contribution in [0, 0.1) is 0 Å². The largest absolute Gasteiger partial charge is 0.457 e. The number of aliphatic hydroxyl groups is 3. The van der Waals surface area contributed by atoms with Crippen molar-refractivity contribution in [1.29, 1.82) is 0 Å². The van der Waals surface area contributed by atoms with E-state index < -0.39 is 59.8 Å². The highest BCUT2D eigenvalue weighted by Gasteiger charge is 2.48. The van der Waals surface area contributed by atoms with Gasteiger partial charge in [-0.2, -0.15) is 8.42 Å².